The molecule has 1 aliphatic carbocycles. The van der Waals surface area contributed by atoms with Gasteiger partial charge in [0.05, 0.1) is 30.9 Å². The molecule has 2 aliphatic rings. The van der Waals surface area contributed by atoms with Crippen molar-refractivity contribution in [1.82, 2.24) is 4.90 Å². The SMILES string of the molecule is CC[C@@H](CO)N1C(=O)[C@@](C)(CC2CC(O)C(C)(C)C2O)C[C@H](c2cccc(Cl)c2)[C@H]1c1ccc(Cl)cc1. The number of carbonyl (C=O) groups is 1. The van der Waals surface area contributed by atoms with Crippen molar-refractivity contribution >= 4 is 29.1 Å². The predicted molar refractivity (Wildman–Crippen MR) is 148 cm³/mol. The Morgan fingerprint density at radius 3 is 2.24 bits per heavy atom. The van der Waals surface area contributed by atoms with Crippen LogP contribution < -0.4 is 0 Å². The molecule has 3 unspecified atom stereocenters. The summed E-state index contributed by atoms with van der Waals surface area (Å²) in [6.07, 6.45) is 0.726. The molecule has 0 spiro atoms. The summed E-state index contributed by atoms with van der Waals surface area (Å²) in [5, 5.41) is 33.4. The van der Waals surface area contributed by atoms with Crippen molar-refractivity contribution in [1.29, 1.82) is 0 Å². The predicted octanol–water partition coefficient (Wildman–Crippen LogP) is 5.99. The largest absolute Gasteiger partial charge is 0.394 e. The van der Waals surface area contributed by atoms with Crippen LogP contribution >= 0.6 is 23.2 Å². The normalized spacial score (nSPS) is 32.5. The molecule has 0 aromatic heterocycles. The Morgan fingerprint density at radius 1 is 1.03 bits per heavy atom. The second-order valence-electron chi connectivity index (χ2n) is 11.9. The van der Waals surface area contributed by atoms with E-state index in [1.807, 2.05) is 81.1 Å². The standard InChI is InChI=1S/C30H39Cl2NO4/c1-5-23(17-34)33-26(18-9-11-21(31)12-10-18)24(19-7-6-8-22(32)13-19)16-30(4,28(33)37)15-20-14-25(35)29(2,3)27(20)36/h6-13,20,23-27,34-36H,5,14-17H2,1-4H3/t20?,23-,24+,25?,26+,27?,30-/m0/s1. The zero-order valence-electron chi connectivity index (χ0n) is 22.1. The number of amides is 1. The van der Waals surface area contributed by atoms with Crippen molar-refractivity contribution in [2.24, 2.45) is 16.7 Å². The van der Waals surface area contributed by atoms with Crippen molar-refractivity contribution in [2.75, 3.05) is 6.61 Å². The van der Waals surface area contributed by atoms with Gasteiger partial charge in [-0.15, -0.1) is 0 Å². The lowest BCUT2D eigenvalue weighted by Gasteiger charge is -2.52. The van der Waals surface area contributed by atoms with Crippen LogP contribution in [0.15, 0.2) is 48.5 Å². The van der Waals surface area contributed by atoms with Crippen LogP contribution in [0.1, 0.15) is 76.5 Å². The number of halogens is 2. The maximum Gasteiger partial charge on any atom is 0.229 e. The molecule has 1 amide bonds. The van der Waals surface area contributed by atoms with E-state index in [9.17, 15) is 20.1 Å². The van der Waals surface area contributed by atoms with Crippen LogP contribution in [0.4, 0.5) is 0 Å². The highest BCUT2D eigenvalue weighted by Crippen LogP contribution is 2.55. The lowest BCUT2D eigenvalue weighted by Crippen LogP contribution is -2.57. The van der Waals surface area contributed by atoms with E-state index in [0.717, 1.165) is 11.1 Å². The average Bonchev–Trinajstić information content (AvgIpc) is 3.04. The summed E-state index contributed by atoms with van der Waals surface area (Å²) in [6, 6.07) is 14.7. The van der Waals surface area contributed by atoms with Gasteiger partial charge in [-0.25, -0.2) is 0 Å². The Hall–Kier alpha value is -1.63. The number of hydrogen-bond acceptors (Lipinski definition) is 4. The van der Waals surface area contributed by atoms with Gasteiger partial charge in [0.1, 0.15) is 0 Å². The molecule has 5 nitrogen and oxygen atoms in total. The van der Waals surface area contributed by atoms with Crippen LogP contribution in [-0.4, -0.2) is 51.0 Å². The Bertz CT molecular complexity index is 1100. The molecule has 37 heavy (non-hydrogen) atoms. The highest BCUT2D eigenvalue weighted by Gasteiger charge is 2.55. The zero-order valence-corrected chi connectivity index (χ0v) is 23.6. The van der Waals surface area contributed by atoms with Crippen LogP contribution in [0.25, 0.3) is 0 Å². The Kier molecular flexibility index (Phi) is 8.33. The lowest BCUT2D eigenvalue weighted by molar-refractivity contribution is -0.158. The zero-order chi connectivity index (χ0) is 27.1. The first-order valence-corrected chi connectivity index (χ1v) is 14.0. The molecule has 2 aromatic rings. The van der Waals surface area contributed by atoms with E-state index in [4.69, 9.17) is 23.2 Å². The summed E-state index contributed by atoms with van der Waals surface area (Å²) in [5.74, 6) is -0.334. The summed E-state index contributed by atoms with van der Waals surface area (Å²) in [5.41, 5.74) is 0.545. The Labute approximate surface area is 230 Å². The van der Waals surface area contributed by atoms with Crippen molar-refractivity contribution in [3.63, 3.8) is 0 Å². The van der Waals surface area contributed by atoms with Gasteiger partial charge in [0.2, 0.25) is 5.91 Å². The van der Waals surface area contributed by atoms with E-state index in [-0.39, 0.29) is 36.4 Å². The topological polar surface area (TPSA) is 81.0 Å². The summed E-state index contributed by atoms with van der Waals surface area (Å²) >= 11 is 12.7. The molecule has 7 heteroatoms. The summed E-state index contributed by atoms with van der Waals surface area (Å²) in [7, 11) is 0. The van der Waals surface area contributed by atoms with Crippen molar-refractivity contribution in [2.45, 2.75) is 83.6 Å². The molecule has 4 rings (SSSR count). The van der Waals surface area contributed by atoms with Crippen molar-refractivity contribution < 1.29 is 20.1 Å². The number of rotatable bonds is 7. The first-order chi connectivity index (χ1) is 17.4. The van der Waals surface area contributed by atoms with Gasteiger partial charge in [-0.05, 0) is 67.0 Å². The Balaban J connectivity index is 1.83. The van der Waals surface area contributed by atoms with E-state index in [0.29, 0.717) is 35.7 Å². The van der Waals surface area contributed by atoms with Crippen LogP contribution in [0.3, 0.4) is 0 Å². The molecule has 0 radical (unpaired) electrons. The number of carbonyl (C=O) groups excluding carboxylic acids is 1. The molecule has 2 aromatic carbocycles. The van der Waals surface area contributed by atoms with Crippen molar-refractivity contribution in [3.8, 4) is 0 Å². The molecule has 7 atom stereocenters. The molecule has 1 aliphatic heterocycles. The van der Waals surface area contributed by atoms with Crippen LogP contribution in [0, 0.1) is 16.7 Å². The van der Waals surface area contributed by atoms with Gasteiger partial charge in [-0.3, -0.25) is 4.79 Å². The van der Waals surface area contributed by atoms with Gasteiger partial charge < -0.3 is 20.2 Å². The minimum Gasteiger partial charge on any atom is -0.394 e. The van der Waals surface area contributed by atoms with E-state index in [1.165, 1.54) is 0 Å². The van der Waals surface area contributed by atoms with Crippen LogP contribution in [-0.2, 0) is 4.79 Å². The first-order valence-electron chi connectivity index (χ1n) is 13.2. The molecule has 1 heterocycles. The summed E-state index contributed by atoms with van der Waals surface area (Å²) in [4.78, 5) is 16.3. The van der Waals surface area contributed by atoms with Gasteiger partial charge in [0, 0.05) is 26.8 Å². The monoisotopic (exact) mass is 547 g/mol. The number of aliphatic hydroxyl groups is 3. The van der Waals surface area contributed by atoms with Crippen LogP contribution in [0.5, 0.6) is 0 Å². The lowest BCUT2D eigenvalue weighted by atomic mass is 9.64. The van der Waals surface area contributed by atoms with E-state index >= 15 is 0 Å². The fraction of sp³-hybridized carbons (Fsp3) is 0.567. The fourth-order valence-electron chi connectivity index (χ4n) is 6.68. The maximum absolute atomic E-state index is 14.5. The van der Waals surface area contributed by atoms with Gasteiger partial charge in [0.25, 0.3) is 0 Å². The smallest absolute Gasteiger partial charge is 0.229 e. The average molecular weight is 549 g/mol. The molecule has 3 N–H and O–H groups in total. The fourth-order valence-corrected chi connectivity index (χ4v) is 7.01. The van der Waals surface area contributed by atoms with Gasteiger partial charge >= 0.3 is 0 Å². The second kappa shape index (κ2) is 10.9. The van der Waals surface area contributed by atoms with Gasteiger partial charge in [-0.1, -0.05) is 75.2 Å². The molecule has 1 saturated heterocycles. The quantitative estimate of drug-likeness (QED) is 0.397. The maximum atomic E-state index is 14.5. The minimum absolute atomic E-state index is 0.0296. The van der Waals surface area contributed by atoms with E-state index in [1.54, 1.807) is 0 Å². The van der Waals surface area contributed by atoms with Crippen LogP contribution in [0.2, 0.25) is 10.0 Å². The van der Waals surface area contributed by atoms with Gasteiger partial charge in [-0.2, -0.15) is 0 Å². The number of nitrogens with zero attached hydrogens (tertiary/aromatic N) is 1. The third-order valence-electron chi connectivity index (χ3n) is 8.97. The molecular formula is C30H39Cl2NO4. The molecule has 0 bridgehead atoms. The molecular weight excluding hydrogens is 509 g/mol. The minimum atomic E-state index is -0.801. The Morgan fingerprint density at radius 2 is 1.70 bits per heavy atom. The highest BCUT2D eigenvalue weighted by atomic mass is 35.5. The number of hydrogen-bond donors (Lipinski definition) is 3. The molecule has 2 fully saturated rings. The summed E-state index contributed by atoms with van der Waals surface area (Å²) in [6.45, 7) is 7.57. The van der Waals surface area contributed by atoms with E-state index in [2.05, 4.69) is 0 Å². The third kappa shape index (κ3) is 5.31. The second-order valence-corrected chi connectivity index (χ2v) is 12.7. The molecule has 202 valence electrons. The highest BCUT2D eigenvalue weighted by molar-refractivity contribution is 6.30. The van der Waals surface area contributed by atoms with Gasteiger partial charge in [0.15, 0.2) is 0 Å². The van der Waals surface area contributed by atoms with E-state index < -0.39 is 23.0 Å². The number of benzene rings is 2. The van der Waals surface area contributed by atoms with Crippen molar-refractivity contribution in [3.05, 3.63) is 69.7 Å². The number of likely N-dealkylation sites (tertiary alicyclic amines) is 1. The third-order valence-corrected chi connectivity index (χ3v) is 9.46. The number of piperidine rings is 1. The molecule has 1 saturated carbocycles. The summed E-state index contributed by atoms with van der Waals surface area (Å²) < 4.78 is 0. The first kappa shape index (κ1) is 28.4. The number of aliphatic hydroxyl groups excluding tert-OH is 3.